The summed E-state index contributed by atoms with van der Waals surface area (Å²) in [6.07, 6.45) is -1.11. The molecule has 1 aliphatic rings. The van der Waals surface area contributed by atoms with Crippen molar-refractivity contribution in [2.24, 2.45) is 0 Å². The van der Waals surface area contributed by atoms with E-state index in [1.807, 2.05) is 18.2 Å². The smallest absolute Gasteiger partial charge is 0.255 e. The SMILES string of the molecule is CC(C)(O)[C@H](F)CNC(=O)c1cnc(Nc2ccc3ncsc3c2)cc1NC1CCOCC1F. The first kappa shape index (κ1) is 24.2. The van der Waals surface area contributed by atoms with E-state index in [9.17, 15) is 18.7 Å². The number of hydrogen-bond donors (Lipinski definition) is 4. The molecule has 0 bridgehead atoms. The van der Waals surface area contributed by atoms with Gasteiger partial charge in [0.2, 0.25) is 0 Å². The van der Waals surface area contributed by atoms with Crippen molar-refractivity contribution in [2.45, 2.75) is 44.3 Å². The second-order valence-corrected chi connectivity index (χ2v) is 9.62. The Morgan fingerprint density at radius 1 is 1.35 bits per heavy atom. The van der Waals surface area contributed by atoms with Gasteiger partial charge in [-0.3, -0.25) is 4.79 Å². The number of carbonyl (C=O) groups excluding carboxylic acids is 1. The van der Waals surface area contributed by atoms with Crippen molar-refractivity contribution in [1.82, 2.24) is 15.3 Å². The molecule has 3 aromatic rings. The summed E-state index contributed by atoms with van der Waals surface area (Å²) >= 11 is 1.52. The Morgan fingerprint density at radius 3 is 2.94 bits per heavy atom. The minimum atomic E-state index is -1.66. The number of halogens is 2. The summed E-state index contributed by atoms with van der Waals surface area (Å²) in [6, 6.07) is 6.77. The molecule has 0 aliphatic carbocycles. The van der Waals surface area contributed by atoms with Crippen molar-refractivity contribution in [1.29, 1.82) is 0 Å². The van der Waals surface area contributed by atoms with Gasteiger partial charge in [0.1, 0.15) is 18.2 Å². The van der Waals surface area contributed by atoms with E-state index in [-0.39, 0.29) is 18.7 Å². The van der Waals surface area contributed by atoms with Gasteiger partial charge in [-0.1, -0.05) is 0 Å². The molecule has 3 heterocycles. The molecule has 182 valence electrons. The fraction of sp³-hybridized carbons (Fsp3) is 0.435. The molecule has 1 saturated heterocycles. The van der Waals surface area contributed by atoms with Crippen molar-refractivity contribution in [3.8, 4) is 0 Å². The van der Waals surface area contributed by atoms with Crippen LogP contribution in [0.1, 0.15) is 30.6 Å². The fourth-order valence-electron chi connectivity index (χ4n) is 3.50. The van der Waals surface area contributed by atoms with Gasteiger partial charge in [0, 0.05) is 24.6 Å². The highest BCUT2D eigenvalue weighted by Gasteiger charge is 2.29. The van der Waals surface area contributed by atoms with Gasteiger partial charge < -0.3 is 25.8 Å². The number of thiazole rings is 1. The molecule has 4 rings (SSSR count). The Morgan fingerprint density at radius 2 is 2.18 bits per heavy atom. The van der Waals surface area contributed by atoms with Crippen LogP contribution in [0, 0.1) is 0 Å². The van der Waals surface area contributed by atoms with Crippen LogP contribution in [0.15, 0.2) is 36.0 Å². The Bertz CT molecular complexity index is 1150. The van der Waals surface area contributed by atoms with Gasteiger partial charge in [-0.15, -0.1) is 11.3 Å². The van der Waals surface area contributed by atoms with Gasteiger partial charge in [-0.2, -0.15) is 0 Å². The molecular formula is C23H27F2N5O3S. The number of anilines is 3. The van der Waals surface area contributed by atoms with Gasteiger partial charge >= 0.3 is 0 Å². The van der Waals surface area contributed by atoms with E-state index in [4.69, 9.17) is 4.74 Å². The maximum absolute atomic E-state index is 14.4. The lowest BCUT2D eigenvalue weighted by molar-refractivity contribution is -0.00177. The van der Waals surface area contributed by atoms with E-state index in [1.54, 1.807) is 11.6 Å². The predicted molar refractivity (Wildman–Crippen MR) is 128 cm³/mol. The number of ether oxygens (including phenoxy) is 1. The molecular weight excluding hydrogens is 464 g/mol. The van der Waals surface area contributed by atoms with Crippen LogP contribution in [0.4, 0.5) is 26.0 Å². The maximum Gasteiger partial charge on any atom is 0.255 e. The van der Waals surface area contributed by atoms with E-state index >= 15 is 0 Å². The number of aliphatic hydroxyl groups is 1. The predicted octanol–water partition coefficient (Wildman–Crippen LogP) is 3.81. The van der Waals surface area contributed by atoms with Crippen LogP contribution >= 0.6 is 11.3 Å². The number of benzene rings is 1. The number of alkyl halides is 2. The van der Waals surface area contributed by atoms with Crippen molar-refractivity contribution in [2.75, 3.05) is 30.4 Å². The molecule has 8 nitrogen and oxygen atoms in total. The normalized spacial score (nSPS) is 19.6. The lowest BCUT2D eigenvalue weighted by Gasteiger charge is -2.28. The number of nitrogens with zero attached hydrogens (tertiary/aromatic N) is 2. The van der Waals surface area contributed by atoms with Crippen LogP contribution in [0.5, 0.6) is 0 Å². The van der Waals surface area contributed by atoms with Gasteiger partial charge in [0.25, 0.3) is 5.91 Å². The quantitative estimate of drug-likeness (QED) is 0.379. The molecule has 4 N–H and O–H groups in total. The van der Waals surface area contributed by atoms with Crippen molar-refractivity contribution < 1.29 is 23.4 Å². The largest absolute Gasteiger partial charge is 0.387 e. The first-order valence-electron chi connectivity index (χ1n) is 10.9. The number of fused-ring (bicyclic) bond motifs is 1. The second-order valence-electron chi connectivity index (χ2n) is 8.74. The van der Waals surface area contributed by atoms with Crippen LogP contribution in [0.3, 0.4) is 0 Å². The number of hydrogen-bond acceptors (Lipinski definition) is 8. The highest BCUT2D eigenvalue weighted by molar-refractivity contribution is 7.16. The third kappa shape index (κ3) is 5.78. The Labute approximate surface area is 199 Å². The van der Waals surface area contributed by atoms with Crippen LogP contribution < -0.4 is 16.0 Å². The molecule has 1 amide bonds. The highest BCUT2D eigenvalue weighted by atomic mass is 32.1. The molecule has 2 aromatic heterocycles. The standard InChI is InChI=1S/C23H27F2N5O3S/c1-23(2,32)20(25)10-27-22(31)14-9-26-21(8-18(14)30-16-5-6-33-11-15(16)24)29-13-3-4-17-19(7-13)34-12-28-17/h3-4,7-9,12,15-16,20,32H,5-6,10-11H2,1-2H3,(H,27,31)(H2,26,29,30)/t15?,16?,20-/m1/s1. The molecule has 11 heteroatoms. The minimum Gasteiger partial charge on any atom is -0.387 e. The summed E-state index contributed by atoms with van der Waals surface area (Å²) in [5.74, 6) is -0.132. The van der Waals surface area contributed by atoms with Gasteiger partial charge in [-0.05, 0) is 38.5 Å². The molecule has 0 saturated carbocycles. The zero-order chi connectivity index (χ0) is 24.3. The zero-order valence-corrected chi connectivity index (χ0v) is 19.7. The number of rotatable bonds is 8. The summed E-state index contributed by atoms with van der Waals surface area (Å²) in [6.45, 7) is 2.66. The maximum atomic E-state index is 14.4. The number of amides is 1. The van der Waals surface area contributed by atoms with Gasteiger partial charge in [-0.25, -0.2) is 18.7 Å². The highest BCUT2D eigenvalue weighted by Crippen LogP contribution is 2.27. The lowest BCUT2D eigenvalue weighted by atomic mass is 10.0. The van der Waals surface area contributed by atoms with Crippen molar-refractivity contribution in [3.05, 3.63) is 41.5 Å². The molecule has 0 spiro atoms. The summed E-state index contributed by atoms with van der Waals surface area (Å²) in [5.41, 5.74) is 2.36. The third-order valence-electron chi connectivity index (χ3n) is 5.59. The Hall–Kier alpha value is -2.89. The molecule has 2 unspecified atom stereocenters. The molecule has 34 heavy (non-hydrogen) atoms. The number of aromatic nitrogens is 2. The monoisotopic (exact) mass is 491 g/mol. The summed E-state index contributed by atoms with van der Waals surface area (Å²) in [7, 11) is 0. The van der Waals surface area contributed by atoms with Crippen molar-refractivity contribution >= 4 is 44.7 Å². The zero-order valence-electron chi connectivity index (χ0n) is 18.8. The Kier molecular flexibility index (Phi) is 7.24. The van der Waals surface area contributed by atoms with Crippen LogP contribution in [0.2, 0.25) is 0 Å². The van der Waals surface area contributed by atoms with Crippen molar-refractivity contribution in [3.63, 3.8) is 0 Å². The first-order chi connectivity index (χ1) is 16.2. The molecule has 1 aromatic carbocycles. The number of pyridine rings is 1. The minimum absolute atomic E-state index is 0.0284. The third-order valence-corrected chi connectivity index (χ3v) is 6.38. The summed E-state index contributed by atoms with van der Waals surface area (Å²) in [5, 5.41) is 18.6. The van der Waals surface area contributed by atoms with Gasteiger partial charge in [0.05, 0.1) is 51.8 Å². The molecule has 3 atom stereocenters. The van der Waals surface area contributed by atoms with Crippen LogP contribution in [-0.4, -0.2) is 64.7 Å². The molecule has 1 fully saturated rings. The van der Waals surface area contributed by atoms with E-state index in [0.717, 1.165) is 15.9 Å². The summed E-state index contributed by atoms with van der Waals surface area (Å²) < 4.78 is 34.7. The topological polar surface area (TPSA) is 108 Å². The number of nitrogens with one attached hydrogen (secondary N) is 3. The van der Waals surface area contributed by atoms with Crippen LogP contribution in [0.25, 0.3) is 10.2 Å². The fourth-order valence-corrected chi connectivity index (χ4v) is 4.21. The van der Waals surface area contributed by atoms with E-state index < -0.39 is 29.9 Å². The van der Waals surface area contributed by atoms with Gasteiger partial charge in [0.15, 0.2) is 0 Å². The lowest BCUT2D eigenvalue weighted by Crippen LogP contribution is -2.42. The number of carbonyl (C=O) groups is 1. The van der Waals surface area contributed by atoms with E-state index in [2.05, 4.69) is 25.9 Å². The van der Waals surface area contributed by atoms with E-state index in [1.165, 1.54) is 31.4 Å². The molecule has 0 radical (unpaired) electrons. The van der Waals surface area contributed by atoms with Crippen LogP contribution in [-0.2, 0) is 4.74 Å². The molecule has 1 aliphatic heterocycles. The average Bonchev–Trinajstić information content (AvgIpc) is 3.26. The average molecular weight is 492 g/mol. The van der Waals surface area contributed by atoms with E-state index in [0.29, 0.717) is 24.5 Å². The Balaban J connectivity index is 1.57. The second kappa shape index (κ2) is 10.2. The first-order valence-corrected chi connectivity index (χ1v) is 11.8. The summed E-state index contributed by atoms with van der Waals surface area (Å²) in [4.78, 5) is 21.4.